The topological polar surface area (TPSA) is 21.3 Å². The zero-order chi connectivity index (χ0) is 17.2. The van der Waals surface area contributed by atoms with E-state index in [0.717, 1.165) is 31.6 Å². The summed E-state index contributed by atoms with van der Waals surface area (Å²) in [6.07, 6.45) is 8.15. The number of unbranched alkanes of at least 4 members (excludes halogenated alkanes) is 1. The fraction of sp³-hybridized carbons (Fsp3) is 0.391. The summed E-state index contributed by atoms with van der Waals surface area (Å²) >= 11 is 0. The highest BCUT2D eigenvalue weighted by Crippen LogP contribution is 2.50. The van der Waals surface area contributed by atoms with E-state index in [1.165, 1.54) is 22.4 Å². The molecule has 25 heavy (non-hydrogen) atoms. The lowest BCUT2D eigenvalue weighted by Gasteiger charge is -2.37. The van der Waals surface area contributed by atoms with Gasteiger partial charge in [-0.3, -0.25) is 0 Å². The number of fused-ring (bicyclic) bond motifs is 3. The van der Waals surface area contributed by atoms with Crippen LogP contribution in [0, 0.1) is 12.8 Å². The molecule has 3 unspecified atom stereocenters. The maximum Gasteiger partial charge on any atom is 0.119 e. The lowest BCUT2D eigenvalue weighted by atomic mass is 9.77. The van der Waals surface area contributed by atoms with E-state index in [1.54, 1.807) is 0 Å². The van der Waals surface area contributed by atoms with Crippen LogP contribution < -0.4 is 10.1 Å². The average Bonchev–Trinajstić information content (AvgIpc) is 3.11. The van der Waals surface area contributed by atoms with Crippen molar-refractivity contribution < 1.29 is 4.74 Å². The largest absolute Gasteiger partial charge is 0.494 e. The first kappa shape index (κ1) is 16.3. The Hall–Kier alpha value is -2.22. The molecule has 130 valence electrons. The number of hydrogen-bond acceptors (Lipinski definition) is 2. The third-order valence-corrected chi connectivity index (χ3v) is 5.50. The summed E-state index contributed by atoms with van der Waals surface area (Å²) in [5.74, 6) is 2.07. The average molecular weight is 333 g/mol. The first-order valence-electron chi connectivity index (χ1n) is 9.53. The van der Waals surface area contributed by atoms with E-state index in [2.05, 4.69) is 73.8 Å². The molecule has 2 aromatic rings. The SMILES string of the molecule is CCCCOc1ccc2c(c1)C1C=CCC1C(c1cccc(C)c1)N2. The second-order valence-corrected chi connectivity index (χ2v) is 7.34. The number of aryl methyl sites for hydroxylation is 1. The summed E-state index contributed by atoms with van der Waals surface area (Å²) in [6, 6.07) is 15.8. The van der Waals surface area contributed by atoms with E-state index >= 15 is 0 Å². The van der Waals surface area contributed by atoms with Gasteiger partial charge in [0.25, 0.3) is 0 Å². The van der Waals surface area contributed by atoms with Crippen LogP contribution in [0.3, 0.4) is 0 Å². The normalized spacial score (nSPS) is 23.7. The highest BCUT2D eigenvalue weighted by atomic mass is 16.5. The van der Waals surface area contributed by atoms with Crippen molar-refractivity contribution in [3.05, 3.63) is 71.3 Å². The molecule has 1 aliphatic carbocycles. The zero-order valence-corrected chi connectivity index (χ0v) is 15.2. The Balaban J connectivity index is 1.64. The van der Waals surface area contributed by atoms with E-state index in [9.17, 15) is 0 Å². The molecule has 2 aromatic carbocycles. The number of nitrogens with one attached hydrogen (secondary N) is 1. The number of benzene rings is 2. The van der Waals surface area contributed by atoms with Crippen molar-refractivity contribution in [2.45, 2.75) is 45.1 Å². The Kier molecular flexibility index (Phi) is 4.52. The van der Waals surface area contributed by atoms with Gasteiger partial charge in [-0.25, -0.2) is 0 Å². The first-order chi connectivity index (χ1) is 12.3. The van der Waals surface area contributed by atoms with Crippen molar-refractivity contribution in [2.24, 2.45) is 5.92 Å². The molecule has 0 saturated carbocycles. The quantitative estimate of drug-likeness (QED) is 0.535. The molecule has 1 heterocycles. The second-order valence-electron chi connectivity index (χ2n) is 7.34. The Morgan fingerprint density at radius 2 is 2.08 bits per heavy atom. The van der Waals surface area contributed by atoms with Crippen molar-refractivity contribution in [3.63, 3.8) is 0 Å². The van der Waals surface area contributed by atoms with E-state index in [0.29, 0.717) is 17.9 Å². The molecular formula is C23H27NO. The Morgan fingerprint density at radius 3 is 2.92 bits per heavy atom. The number of hydrogen-bond donors (Lipinski definition) is 1. The molecule has 0 spiro atoms. The molecule has 0 saturated heterocycles. The smallest absolute Gasteiger partial charge is 0.119 e. The molecule has 0 fully saturated rings. The Labute approximate surface area is 150 Å². The maximum atomic E-state index is 5.94. The maximum absolute atomic E-state index is 5.94. The molecule has 3 atom stereocenters. The van der Waals surface area contributed by atoms with Gasteiger partial charge in [0.1, 0.15) is 5.75 Å². The molecular weight excluding hydrogens is 306 g/mol. The lowest BCUT2D eigenvalue weighted by molar-refractivity contribution is 0.308. The molecule has 0 bridgehead atoms. The molecule has 2 aliphatic rings. The van der Waals surface area contributed by atoms with Crippen LogP contribution in [0.15, 0.2) is 54.6 Å². The molecule has 4 rings (SSSR count). The Morgan fingerprint density at radius 1 is 1.16 bits per heavy atom. The predicted octanol–water partition coefficient (Wildman–Crippen LogP) is 6.00. The van der Waals surface area contributed by atoms with Crippen molar-refractivity contribution >= 4 is 5.69 Å². The van der Waals surface area contributed by atoms with Crippen molar-refractivity contribution in [3.8, 4) is 5.75 Å². The van der Waals surface area contributed by atoms with Gasteiger partial charge in [-0.05, 0) is 55.0 Å². The molecule has 0 radical (unpaired) electrons. The van der Waals surface area contributed by atoms with Crippen molar-refractivity contribution in [1.82, 2.24) is 0 Å². The molecule has 1 N–H and O–H groups in total. The predicted molar refractivity (Wildman–Crippen MR) is 104 cm³/mol. The highest BCUT2D eigenvalue weighted by Gasteiger charge is 2.38. The monoisotopic (exact) mass is 333 g/mol. The van der Waals surface area contributed by atoms with Crippen LogP contribution in [-0.2, 0) is 0 Å². The van der Waals surface area contributed by atoms with E-state index in [-0.39, 0.29) is 0 Å². The van der Waals surface area contributed by atoms with Crippen LogP contribution in [0.2, 0.25) is 0 Å². The van der Waals surface area contributed by atoms with Crippen LogP contribution in [0.1, 0.15) is 54.8 Å². The van der Waals surface area contributed by atoms with Gasteiger partial charge < -0.3 is 10.1 Å². The summed E-state index contributed by atoms with van der Waals surface area (Å²) in [4.78, 5) is 0. The molecule has 2 heteroatoms. The molecule has 0 aromatic heterocycles. The van der Waals surface area contributed by atoms with Crippen LogP contribution in [0.25, 0.3) is 0 Å². The van der Waals surface area contributed by atoms with E-state index in [1.807, 2.05) is 0 Å². The standard InChI is InChI=1S/C23H27NO/c1-3-4-13-25-18-11-12-22-21(15-18)19-9-6-10-20(19)23(24-22)17-8-5-7-16(2)14-17/h5-9,11-12,14-15,19-20,23-24H,3-4,10,13H2,1-2H3. The third-order valence-electron chi connectivity index (χ3n) is 5.50. The van der Waals surface area contributed by atoms with E-state index < -0.39 is 0 Å². The minimum Gasteiger partial charge on any atom is -0.494 e. The summed E-state index contributed by atoms with van der Waals surface area (Å²) in [6.45, 7) is 5.17. The molecule has 2 nitrogen and oxygen atoms in total. The third kappa shape index (κ3) is 3.18. The van der Waals surface area contributed by atoms with Gasteiger partial charge in [-0.15, -0.1) is 0 Å². The molecule has 1 aliphatic heterocycles. The zero-order valence-electron chi connectivity index (χ0n) is 15.2. The van der Waals surface area contributed by atoms with E-state index in [4.69, 9.17) is 4.74 Å². The van der Waals surface area contributed by atoms with Gasteiger partial charge in [0.2, 0.25) is 0 Å². The van der Waals surface area contributed by atoms with Gasteiger partial charge in [0.15, 0.2) is 0 Å². The van der Waals surface area contributed by atoms with Crippen LogP contribution in [-0.4, -0.2) is 6.61 Å². The van der Waals surface area contributed by atoms with Crippen LogP contribution >= 0.6 is 0 Å². The summed E-state index contributed by atoms with van der Waals surface area (Å²) in [7, 11) is 0. The number of allylic oxidation sites excluding steroid dienone is 2. The first-order valence-corrected chi connectivity index (χ1v) is 9.53. The van der Waals surface area contributed by atoms with Crippen LogP contribution in [0.4, 0.5) is 5.69 Å². The van der Waals surface area contributed by atoms with Gasteiger partial charge in [0.05, 0.1) is 12.6 Å². The van der Waals surface area contributed by atoms with Crippen molar-refractivity contribution in [2.75, 3.05) is 11.9 Å². The number of rotatable bonds is 5. The lowest BCUT2D eigenvalue weighted by Crippen LogP contribution is -2.29. The highest BCUT2D eigenvalue weighted by molar-refractivity contribution is 5.61. The number of ether oxygens (including phenoxy) is 1. The number of anilines is 1. The van der Waals surface area contributed by atoms with Gasteiger partial charge in [-0.1, -0.05) is 55.3 Å². The summed E-state index contributed by atoms with van der Waals surface area (Å²) in [5, 5.41) is 3.81. The second kappa shape index (κ2) is 6.95. The van der Waals surface area contributed by atoms with Gasteiger partial charge >= 0.3 is 0 Å². The van der Waals surface area contributed by atoms with Crippen molar-refractivity contribution in [1.29, 1.82) is 0 Å². The summed E-state index contributed by atoms with van der Waals surface area (Å²) in [5.41, 5.74) is 5.36. The minimum absolute atomic E-state index is 0.374. The minimum atomic E-state index is 0.374. The fourth-order valence-electron chi connectivity index (χ4n) is 4.19. The van der Waals surface area contributed by atoms with Crippen LogP contribution in [0.5, 0.6) is 5.75 Å². The van der Waals surface area contributed by atoms with Gasteiger partial charge in [-0.2, -0.15) is 0 Å². The fourth-order valence-corrected chi connectivity index (χ4v) is 4.19. The Bertz CT molecular complexity index is 779. The molecule has 0 amide bonds. The summed E-state index contributed by atoms with van der Waals surface area (Å²) < 4.78 is 5.94. The van der Waals surface area contributed by atoms with Gasteiger partial charge in [0, 0.05) is 11.6 Å².